The minimum absolute atomic E-state index is 0.761. The molecule has 2 aromatic carbocycles. The number of hydrogen-bond donors (Lipinski definition) is 1. The van der Waals surface area contributed by atoms with Crippen LogP contribution in [0.5, 0.6) is 0 Å². The molecule has 0 heterocycles. The van der Waals surface area contributed by atoms with Crippen LogP contribution in [-0.4, -0.2) is 7.05 Å². The molecule has 0 spiro atoms. The van der Waals surface area contributed by atoms with Crippen LogP contribution in [0.25, 0.3) is 0 Å². The van der Waals surface area contributed by atoms with E-state index in [2.05, 4.69) is 11.0 Å². The van der Waals surface area contributed by atoms with Gasteiger partial charge in [-0.3, -0.25) is 0 Å². The molecule has 0 amide bonds. The third kappa shape index (κ3) is 2.92. The molecule has 2 rings (SSSR count). The van der Waals surface area contributed by atoms with Gasteiger partial charge in [-0.05, 0) is 29.8 Å². The Morgan fingerprint density at radius 2 is 1.88 bits per heavy atom. The van der Waals surface area contributed by atoms with E-state index in [1.807, 2.05) is 49.5 Å². The molecule has 0 aromatic heterocycles. The topological polar surface area (TPSA) is 29.3 Å². The number of para-hydroxylation sites is 2. The van der Waals surface area contributed by atoms with Gasteiger partial charge in [0, 0.05) is 18.6 Å². The monoisotopic (exact) mass is 246 g/mol. The third-order valence-corrected chi connectivity index (χ3v) is 2.89. The van der Waals surface area contributed by atoms with Crippen molar-refractivity contribution in [2.75, 3.05) is 17.7 Å². The van der Waals surface area contributed by atoms with E-state index in [9.17, 15) is 0 Å². The predicted molar refractivity (Wildman–Crippen MR) is 74.4 cm³/mol. The summed E-state index contributed by atoms with van der Waals surface area (Å²) in [6.45, 7) is 0.786. The van der Waals surface area contributed by atoms with Crippen LogP contribution >= 0.6 is 11.6 Å². The second-order valence-electron chi connectivity index (χ2n) is 4.04. The maximum Gasteiger partial charge on any atom is 0.0600 e. The van der Waals surface area contributed by atoms with E-state index in [-0.39, 0.29) is 0 Å². The van der Waals surface area contributed by atoms with Gasteiger partial charge in [0.1, 0.15) is 0 Å². The van der Waals surface area contributed by atoms with Crippen molar-refractivity contribution in [1.29, 1.82) is 0 Å². The second kappa shape index (κ2) is 5.11. The minimum atomic E-state index is 0.761. The Bertz CT molecular complexity index is 511. The fourth-order valence-electron chi connectivity index (χ4n) is 1.83. The van der Waals surface area contributed by atoms with Gasteiger partial charge in [-0.1, -0.05) is 35.9 Å². The molecule has 88 valence electrons. The molecule has 0 atom stereocenters. The zero-order valence-corrected chi connectivity index (χ0v) is 10.5. The number of nitrogens with two attached hydrogens (primary N) is 1. The van der Waals surface area contributed by atoms with Crippen molar-refractivity contribution in [3.05, 3.63) is 59.1 Å². The molecule has 0 fully saturated rings. The summed E-state index contributed by atoms with van der Waals surface area (Å²) in [5, 5.41) is 0.761. The van der Waals surface area contributed by atoms with E-state index in [1.165, 1.54) is 5.56 Å². The van der Waals surface area contributed by atoms with Crippen molar-refractivity contribution in [3.63, 3.8) is 0 Å². The lowest BCUT2D eigenvalue weighted by molar-refractivity contribution is 0.925. The van der Waals surface area contributed by atoms with Crippen LogP contribution in [0.15, 0.2) is 48.5 Å². The van der Waals surface area contributed by atoms with Crippen LogP contribution in [0, 0.1) is 0 Å². The lowest BCUT2D eigenvalue weighted by Gasteiger charge is -2.21. The van der Waals surface area contributed by atoms with Gasteiger partial charge in [0.25, 0.3) is 0 Å². The normalized spacial score (nSPS) is 10.2. The quantitative estimate of drug-likeness (QED) is 0.840. The average molecular weight is 247 g/mol. The summed E-state index contributed by atoms with van der Waals surface area (Å²) in [5.41, 5.74) is 8.93. The largest absolute Gasteiger partial charge is 0.397 e. The van der Waals surface area contributed by atoms with E-state index in [0.717, 1.165) is 22.9 Å². The molecule has 0 bridgehead atoms. The molecular weight excluding hydrogens is 232 g/mol. The highest BCUT2D eigenvalue weighted by Gasteiger charge is 2.05. The molecule has 17 heavy (non-hydrogen) atoms. The summed E-state index contributed by atoms with van der Waals surface area (Å²) in [6.07, 6.45) is 0. The zero-order valence-electron chi connectivity index (χ0n) is 9.73. The van der Waals surface area contributed by atoms with Gasteiger partial charge in [0.05, 0.1) is 11.4 Å². The molecule has 0 aliphatic heterocycles. The van der Waals surface area contributed by atoms with Crippen LogP contribution < -0.4 is 10.6 Å². The van der Waals surface area contributed by atoms with Crippen LogP contribution in [0.2, 0.25) is 5.02 Å². The van der Waals surface area contributed by atoms with Crippen LogP contribution in [0.4, 0.5) is 11.4 Å². The van der Waals surface area contributed by atoms with Crippen molar-refractivity contribution in [2.45, 2.75) is 6.54 Å². The average Bonchev–Trinajstić information content (AvgIpc) is 2.29. The van der Waals surface area contributed by atoms with Crippen LogP contribution in [0.3, 0.4) is 0 Å². The second-order valence-corrected chi connectivity index (χ2v) is 4.48. The fraction of sp³-hybridized carbons (Fsp3) is 0.143. The van der Waals surface area contributed by atoms with E-state index < -0.39 is 0 Å². The Kier molecular flexibility index (Phi) is 3.55. The minimum Gasteiger partial charge on any atom is -0.397 e. The SMILES string of the molecule is CN(Cc1cccc(Cl)c1)c1ccccc1N. The van der Waals surface area contributed by atoms with Crippen molar-refractivity contribution in [1.82, 2.24) is 0 Å². The Morgan fingerprint density at radius 3 is 2.59 bits per heavy atom. The van der Waals surface area contributed by atoms with Gasteiger partial charge >= 0.3 is 0 Å². The summed E-state index contributed by atoms with van der Waals surface area (Å²) < 4.78 is 0. The van der Waals surface area contributed by atoms with E-state index in [1.54, 1.807) is 0 Å². The Balaban J connectivity index is 2.17. The Hall–Kier alpha value is -1.67. The van der Waals surface area contributed by atoms with Crippen molar-refractivity contribution < 1.29 is 0 Å². The summed E-state index contributed by atoms with van der Waals surface area (Å²) in [7, 11) is 2.02. The molecule has 3 heteroatoms. The van der Waals surface area contributed by atoms with E-state index >= 15 is 0 Å². The van der Waals surface area contributed by atoms with Gasteiger partial charge in [-0.2, -0.15) is 0 Å². The summed E-state index contributed by atoms with van der Waals surface area (Å²) >= 11 is 5.96. The third-order valence-electron chi connectivity index (χ3n) is 2.66. The first-order valence-electron chi connectivity index (χ1n) is 5.47. The number of benzene rings is 2. The zero-order chi connectivity index (χ0) is 12.3. The number of anilines is 2. The van der Waals surface area contributed by atoms with Gasteiger partial charge < -0.3 is 10.6 Å². The number of nitrogens with zero attached hydrogens (tertiary/aromatic N) is 1. The highest BCUT2D eigenvalue weighted by atomic mass is 35.5. The van der Waals surface area contributed by atoms with Gasteiger partial charge in [0.2, 0.25) is 0 Å². The van der Waals surface area contributed by atoms with Gasteiger partial charge in [-0.25, -0.2) is 0 Å². The van der Waals surface area contributed by atoms with Crippen molar-refractivity contribution in [2.24, 2.45) is 0 Å². The molecule has 0 radical (unpaired) electrons. The lowest BCUT2D eigenvalue weighted by atomic mass is 10.2. The molecule has 0 aliphatic carbocycles. The molecule has 0 saturated heterocycles. The standard InChI is InChI=1S/C14H15ClN2/c1-17(14-8-3-2-7-13(14)16)10-11-5-4-6-12(15)9-11/h2-9H,10,16H2,1H3. The molecular formula is C14H15ClN2. The lowest BCUT2D eigenvalue weighted by Crippen LogP contribution is -2.17. The maximum absolute atomic E-state index is 5.96. The molecule has 0 saturated carbocycles. The van der Waals surface area contributed by atoms with Crippen molar-refractivity contribution >= 4 is 23.0 Å². The summed E-state index contributed by atoms with van der Waals surface area (Å²) in [5.74, 6) is 0. The molecule has 2 nitrogen and oxygen atoms in total. The van der Waals surface area contributed by atoms with Crippen LogP contribution in [0.1, 0.15) is 5.56 Å². The Labute approximate surface area is 107 Å². The first kappa shape index (κ1) is 11.8. The number of halogens is 1. The predicted octanol–water partition coefficient (Wildman–Crippen LogP) is 3.56. The highest BCUT2D eigenvalue weighted by Crippen LogP contribution is 2.23. The highest BCUT2D eigenvalue weighted by molar-refractivity contribution is 6.30. The fourth-order valence-corrected chi connectivity index (χ4v) is 2.04. The van der Waals surface area contributed by atoms with E-state index in [4.69, 9.17) is 17.3 Å². The first-order chi connectivity index (χ1) is 8.16. The Morgan fingerprint density at radius 1 is 1.12 bits per heavy atom. The molecule has 2 aromatic rings. The summed E-state index contributed by atoms with van der Waals surface area (Å²) in [6, 6.07) is 15.7. The number of hydrogen-bond acceptors (Lipinski definition) is 2. The number of rotatable bonds is 3. The first-order valence-corrected chi connectivity index (χ1v) is 5.84. The molecule has 0 aliphatic rings. The molecule has 0 unspecified atom stereocenters. The number of nitrogen functional groups attached to an aromatic ring is 1. The van der Waals surface area contributed by atoms with Gasteiger partial charge in [0.15, 0.2) is 0 Å². The van der Waals surface area contributed by atoms with Gasteiger partial charge in [-0.15, -0.1) is 0 Å². The smallest absolute Gasteiger partial charge is 0.0600 e. The van der Waals surface area contributed by atoms with E-state index in [0.29, 0.717) is 0 Å². The maximum atomic E-state index is 5.96. The van der Waals surface area contributed by atoms with Crippen molar-refractivity contribution in [3.8, 4) is 0 Å². The summed E-state index contributed by atoms with van der Waals surface area (Å²) in [4.78, 5) is 2.11. The molecule has 2 N–H and O–H groups in total. The van der Waals surface area contributed by atoms with Crippen LogP contribution in [-0.2, 0) is 6.54 Å².